The zero-order chi connectivity index (χ0) is 10.7. The van der Waals surface area contributed by atoms with E-state index in [0.717, 1.165) is 24.5 Å². The molecule has 4 nitrogen and oxygen atoms in total. The number of nitrogens with one attached hydrogen (secondary N) is 1. The Bertz CT molecular complexity index is 331. The fraction of sp³-hybridized carbons (Fsp3) is 0.636. The van der Waals surface area contributed by atoms with Crippen molar-refractivity contribution in [3.05, 3.63) is 18.1 Å². The lowest BCUT2D eigenvalue weighted by atomic mass is 9.98. The van der Waals surface area contributed by atoms with E-state index < -0.39 is 0 Å². The maximum absolute atomic E-state index is 5.85. The Morgan fingerprint density at radius 2 is 2.20 bits per heavy atom. The molecule has 3 N–H and O–H groups in total. The molecule has 0 saturated heterocycles. The lowest BCUT2D eigenvalue weighted by Gasteiger charge is -2.29. The van der Waals surface area contributed by atoms with Gasteiger partial charge in [0.2, 0.25) is 0 Å². The third-order valence-electron chi connectivity index (χ3n) is 3.12. The molecule has 82 valence electrons. The Hall–Kier alpha value is -1.16. The van der Waals surface area contributed by atoms with E-state index >= 15 is 0 Å². The number of hydrogen-bond donors (Lipinski definition) is 2. The van der Waals surface area contributed by atoms with E-state index in [1.165, 1.54) is 12.8 Å². The third-order valence-corrected chi connectivity index (χ3v) is 3.12. The van der Waals surface area contributed by atoms with Gasteiger partial charge in [-0.25, -0.2) is 9.97 Å². The van der Waals surface area contributed by atoms with Gasteiger partial charge in [-0.05, 0) is 25.8 Å². The molecule has 1 aliphatic rings. The summed E-state index contributed by atoms with van der Waals surface area (Å²) in [6.07, 6.45) is 6.59. The molecule has 0 aromatic carbocycles. The Labute approximate surface area is 90.3 Å². The Morgan fingerprint density at radius 1 is 1.47 bits per heavy atom. The van der Waals surface area contributed by atoms with Gasteiger partial charge in [-0.3, -0.25) is 0 Å². The van der Waals surface area contributed by atoms with Crippen molar-refractivity contribution >= 4 is 5.82 Å². The molecule has 0 spiro atoms. The van der Waals surface area contributed by atoms with Gasteiger partial charge in [0.05, 0.1) is 5.54 Å². The predicted octanol–water partition coefficient (Wildman–Crippen LogP) is 1.47. The molecule has 0 bridgehead atoms. The number of aromatic nitrogens is 2. The quantitative estimate of drug-likeness (QED) is 0.786. The summed E-state index contributed by atoms with van der Waals surface area (Å²) < 4.78 is 0. The van der Waals surface area contributed by atoms with Crippen molar-refractivity contribution in [1.82, 2.24) is 9.97 Å². The molecule has 15 heavy (non-hydrogen) atoms. The van der Waals surface area contributed by atoms with Crippen molar-refractivity contribution in [2.75, 3.05) is 11.9 Å². The van der Waals surface area contributed by atoms with Crippen LogP contribution < -0.4 is 11.1 Å². The van der Waals surface area contributed by atoms with E-state index in [4.69, 9.17) is 5.73 Å². The van der Waals surface area contributed by atoms with E-state index in [1.54, 1.807) is 6.20 Å². The number of nitrogens with zero attached hydrogens (tertiary/aromatic N) is 2. The summed E-state index contributed by atoms with van der Waals surface area (Å²) >= 11 is 0. The van der Waals surface area contributed by atoms with E-state index in [-0.39, 0.29) is 5.54 Å². The smallest absolute Gasteiger partial charge is 0.130 e. The van der Waals surface area contributed by atoms with Crippen LogP contribution in [0.5, 0.6) is 0 Å². The van der Waals surface area contributed by atoms with Gasteiger partial charge < -0.3 is 11.1 Å². The SMILES string of the molecule is Cc1nccc(NC2(CN)CCCC2)n1. The third kappa shape index (κ3) is 2.26. The number of nitrogens with two attached hydrogens (primary N) is 1. The van der Waals surface area contributed by atoms with Crippen molar-refractivity contribution in [3.63, 3.8) is 0 Å². The van der Waals surface area contributed by atoms with E-state index in [2.05, 4.69) is 15.3 Å². The molecule has 2 rings (SSSR count). The Balaban J connectivity index is 2.12. The summed E-state index contributed by atoms with van der Waals surface area (Å²) in [7, 11) is 0. The molecule has 1 heterocycles. The minimum atomic E-state index is 0.0702. The monoisotopic (exact) mass is 206 g/mol. The van der Waals surface area contributed by atoms with Crippen LogP contribution in [-0.4, -0.2) is 22.1 Å². The van der Waals surface area contributed by atoms with Gasteiger partial charge in [0.15, 0.2) is 0 Å². The van der Waals surface area contributed by atoms with Crippen LogP contribution in [0.15, 0.2) is 12.3 Å². The highest BCUT2D eigenvalue weighted by molar-refractivity contribution is 5.37. The maximum atomic E-state index is 5.85. The molecular formula is C11H18N4. The first kappa shape index (κ1) is 10.4. The molecule has 0 amide bonds. The summed E-state index contributed by atoms with van der Waals surface area (Å²) in [6.45, 7) is 2.57. The van der Waals surface area contributed by atoms with Gasteiger partial charge in [0.25, 0.3) is 0 Å². The Kier molecular flexibility index (Phi) is 2.86. The van der Waals surface area contributed by atoms with Crippen LogP contribution in [0.25, 0.3) is 0 Å². The second kappa shape index (κ2) is 4.14. The molecule has 0 unspecified atom stereocenters. The van der Waals surface area contributed by atoms with E-state index in [9.17, 15) is 0 Å². The molecule has 0 aliphatic heterocycles. The predicted molar refractivity (Wildman–Crippen MR) is 60.6 cm³/mol. The largest absolute Gasteiger partial charge is 0.363 e. The average molecular weight is 206 g/mol. The van der Waals surface area contributed by atoms with Crippen molar-refractivity contribution in [3.8, 4) is 0 Å². The maximum Gasteiger partial charge on any atom is 0.130 e. The lowest BCUT2D eigenvalue weighted by molar-refractivity contribution is 0.491. The van der Waals surface area contributed by atoms with Gasteiger partial charge in [-0.15, -0.1) is 0 Å². The molecule has 4 heteroatoms. The minimum Gasteiger partial charge on any atom is -0.363 e. The summed E-state index contributed by atoms with van der Waals surface area (Å²) in [4.78, 5) is 8.43. The molecule has 1 aromatic heterocycles. The summed E-state index contributed by atoms with van der Waals surface area (Å²) in [5.74, 6) is 1.69. The highest BCUT2D eigenvalue weighted by Crippen LogP contribution is 2.31. The first-order chi connectivity index (χ1) is 7.24. The summed E-state index contributed by atoms with van der Waals surface area (Å²) in [5.41, 5.74) is 5.92. The fourth-order valence-corrected chi connectivity index (χ4v) is 2.23. The first-order valence-electron chi connectivity index (χ1n) is 5.52. The van der Waals surface area contributed by atoms with Crippen LogP contribution in [0.2, 0.25) is 0 Å². The molecule has 1 aromatic rings. The summed E-state index contributed by atoms with van der Waals surface area (Å²) in [6, 6.07) is 1.91. The number of anilines is 1. The summed E-state index contributed by atoms with van der Waals surface area (Å²) in [5, 5.41) is 3.47. The molecule has 1 saturated carbocycles. The van der Waals surface area contributed by atoms with Crippen LogP contribution in [0.1, 0.15) is 31.5 Å². The molecule has 0 atom stereocenters. The van der Waals surface area contributed by atoms with Gasteiger partial charge in [0.1, 0.15) is 11.6 Å². The standard InChI is InChI=1S/C11H18N4/c1-9-13-7-4-10(14-9)15-11(8-12)5-2-3-6-11/h4,7H,2-3,5-6,8,12H2,1H3,(H,13,14,15). The average Bonchev–Trinajstić information content (AvgIpc) is 2.67. The second-order valence-electron chi connectivity index (χ2n) is 4.31. The van der Waals surface area contributed by atoms with Crippen LogP contribution in [0.3, 0.4) is 0 Å². The zero-order valence-corrected chi connectivity index (χ0v) is 9.16. The van der Waals surface area contributed by atoms with Crippen LogP contribution >= 0.6 is 0 Å². The van der Waals surface area contributed by atoms with E-state index in [1.807, 2.05) is 13.0 Å². The highest BCUT2D eigenvalue weighted by atomic mass is 15.1. The lowest BCUT2D eigenvalue weighted by Crippen LogP contribution is -2.43. The molecule has 1 aliphatic carbocycles. The van der Waals surface area contributed by atoms with Gasteiger partial charge >= 0.3 is 0 Å². The zero-order valence-electron chi connectivity index (χ0n) is 9.16. The topological polar surface area (TPSA) is 63.8 Å². The first-order valence-corrected chi connectivity index (χ1v) is 5.52. The van der Waals surface area contributed by atoms with Crippen molar-refractivity contribution < 1.29 is 0 Å². The number of rotatable bonds is 3. The Morgan fingerprint density at radius 3 is 2.80 bits per heavy atom. The molecule has 0 radical (unpaired) electrons. The number of hydrogen-bond acceptors (Lipinski definition) is 4. The van der Waals surface area contributed by atoms with Gasteiger partial charge in [-0.1, -0.05) is 12.8 Å². The van der Waals surface area contributed by atoms with Crippen LogP contribution in [0.4, 0.5) is 5.82 Å². The normalized spacial score (nSPS) is 19.1. The van der Waals surface area contributed by atoms with E-state index in [0.29, 0.717) is 6.54 Å². The van der Waals surface area contributed by atoms with Crippen LogP contribution in [-0.2, 0) is 0 Å². The van der Waals surface area contributed by atoms with Crippen molar-refractivity contribution in [2.45, 2.75) is 38.1 Å². The van der Waals surface area contributed by atoms with Gasteiger partial charge in [-0.2, -0.15) is 0 Å². The fourth-order valence-electron chi connectivity index (χ4n) is 2.23. The molecular weight excluding hydrogens is 188 g/mol. The van der Waals surface area contributed by atoms with Gasteiger partial charge in [0, 0.05) is 12.7 Å². The van der Waals surface area contributed by atoms with Crippen LogP contribution in [0, 0.1) is 6.92 Å². The second-order valence-corrected chi connectivity index (χ2v) is 4.31. The highest BCUT2D eigenvalue weighted by Gasteiger charge is 2.32. The minimum absolute atomic E-state index is 0.0702. The molecule has 1 fully saturated rings. The van der Waals surface area contributed by atoms with Crippen molar-refractivity contribution in [2.24, 2.45) is 5.73 Å². The van der Waals surface area contributed by atoms with Crippen molar-refractivity contribution in [1.29, 1.82) is 0 Å². The number of aryl methyl sites for hydroxylation is 1.